The van der Waals surface area contributed by atoms with Gasteiger partial charge >= 0.3 is 0 Å². The van der Waals surface area contributed by atoms with Crippen LogP contribution in [0.1, 0.15) is 34.3 Å². The maximum absolute atomic E-state index is 12.0. The average Bonchev–Trinajstić information content (AvgIpc) is 3.05. The van der Waals surface area contributed by atoms with E-state index in [0.29, 0.717) is 25.8 Å². The van der Waals surface area contributed by atoms with Crippen LogP contribution in [0, 0.1) is 0 Å². The van der Waals surface area contributed by atoms with E-state index in [1.165, 1.54) is 12.0 Å². The minimum absolute atomic E-state index is 0. The second-order valence-corrected chi connectivity index (χ2v) is 4.98. The predicted molar refractivity (Wildman–Crippen MR) is 75.5 cm³/mol. The van der Waals surface area contributed by atoms with Gasteiger partial charge in [0.25, 0.3) is 5.91 Å². The van der Waals surface area contributed by atoms with E-state index in [1.807, 2.05) is 18.2 Å². The van der Waals surface area contributed by atoms with Crippen LogP contribution >= 0.6 is 12.4 Å². The van der Waals surface area contributed by atoms with E-state index in [2.05, 4.69) is 10.6 Å². The number of amides is 1. The first-order valence-corrected chi connectivity index (χ1v) is 6.54. The van der Waals surface area contributed by atoms with Crippen LogP contribution in [-0.4, -0.2) is 25.0 Å². The molecule has 1 unspecified atom stereocenters. The smallest absolute Gasteiger partial charge is 0.251 e. The number of nitrogens with one attached hydrogen (secondary N) is 2. The summed E-state index contributed by atoms with van der Waals surface area (Å²) in [4.78, 5) is 12.0. The molecule has 104 valence electrons. The molecule has 0 saturated carbocycles. The van der Waals surface area contributed by atoms with E-state index in [0.717, 1.165) is 24.1 Å². The minimum Gasteiger partial charge on any atom is -0.372 e. The van der Waals surface area contributed by atoms with Gasteiger partial charge in [0, 0.05) is 18.2 Å². The summed E-state index contributed by atoms with van der Waals surface area (Å²) in [7, 11) is 0. The molecule has 0 aromatic heterocycles. The lowest BCUT2D eigenvalue weighted by molar-refractivity contribution is 0.0950. The van der Waals surface area contributed by atoms with Crippen molar-refractivity contribution >= 4 is 18.3 Å². The Labute approximate surface area is 119 Å². The summed E-state index contributed by atoms with van der Waals surface area (Å²) >= 11 is 0. The van der Waals surface area contributed by atoms with Crippen molar-refractivity contribution in [1.29, 1.82) is 0 Å². The fourth-order valence-corrected chi connectivity index (χ4v) is 2.56. The zero-order valence-corrected chi connectivity index (χ0v) is 11.6. The maximum Gasteiger partial charge on any atom is 0.251 e. The fraction of sp³-hybridized carbons (Fsp3) is 0.500. The molecule has 0 bridgehead atoms. The molecule has 1 amide bonds. The lowest BCUT2D eigenvalue weighted by Crippen LogP contribution is -2.37. The maximum atomic E-state index is 12.0. The Bertz CT molecular complexity index is 459. The molecule has 1 fully saturated rings. The molecule has 0 radical (unpaired) electrons. The van der Waals surface area contributed by atoms with Gasteiger partial charge in [-0.05, 0) is 42.6 Å². The lowest BCUT2D eigenvalue weighted by Gasteiger charge is -2.11. The summed E-state index contributed by atoms with van der Waals surface area (Å²) in [5, 5.41) is 6.36. The van der Waals surface area contributed by atoms with Crippen LogP contribution in [0.5, 0.6) is 0 Å². The number of rotatable bonds is 3. The zero-order chi connectivity index (χ0) is 12.4. The van der Waals surface area contributed by atoms with Gasteiger partial charge in [-0.15, -0.1) is 12.4 Å². The molecule has 0 spiro atoms. The van der Waals surface area contributed by atoms with Gasteiger partial charge in [0.15, 0.2) is 0 Å². The molecule has 19 heavy (non-hydrogen) atoms. The highest BCUT2D eigenvalue weighted by atomic mass is 35.5. The molecule has 1 aromatic carbocycles. The van der Waals surface area contributed by atoms with Crippen LogP contribution in [0.15, 0.2) is 18.2 Å². The van der Waals surface area contributed by atoms with Crippen molar-refractivity contribution in [2.45, 2.75) is 32.1 Å². The van der Waals surface area contributed by atoms with Gasteiger partial charge in [0.1, 0.15) is 0 Å². The zero-order valence-electron chi connectivity index (χ0n) is 10.8. The number of hydrogen-bond donors (Lipinski definition) is 2. The van der Waals surface area contributed by atoms with Crippen LogP contribution in [-0.2, 0) is 18.0 Å². The Kier molecular flexibility index (Phi) is 4.80. The highest BCUT2D eigenvalue weighted by molar-refractivity contribution is 5.94. The first-order valence-electron chi connectivity index (χ1n) is 6.54. The molecule has 2 aliphatic rings. The molecule has 2 aliphatic heterocycles. The standard InChI is InChI=1S/C14H18N2O2.ClH/c17-14(16-7-13-2-1-5-15-13)10-3-4-11-8-18-9-12(11)6-10;/h3-4,6,13,15H,1-2,5,7-9H2,(H,16,17);1H. The highest BCUT2D eigenvalue weighted by Crippen LogP contribution is 2.20. The van der Waals surface area contributed by atoms with Crippen molar-refractivity contribution in [3.05, 3.63) is 34.9 Å². The van der Waals surface area contributed by atoms with Crippen LogP contribution in [0.3, 0.4) is 0 Å². The van der Waals surface area contributed by atoms with Crippen molar-refractivity contribution in [3.8, 4) is 0 Å². The van der Waals surface area contributed by atoms with E-state index in [-0.39, 0.29) is 18.3 Å². The molecular weight excluding hydrogens is 264 g/mol. The Balaban J connectivity index is 0.00000133. The number of halogens is 1. The lowest BCUT2D eigenvalue weighted by atomic mass is 10.1. The van der Waals surface area contributed by atoms with Crippen LogP contribution in [0.2, 0.25) is 0 Å². The molecular formula is C14H19ClN2O2. The summed E-state index contributed by atoms with van der Waals surface area (Å²) in [6.07, 6.45) is 2.36. The SMILES string of the molecule is Cl.O=C(NCC1CCCN1)c1ccc2c(c1)COC2. The molecule has 1 saturated heterocycles. The fourth-order valence-electron chi connectivity index (χ4n) is 2.56. The van der Waals surface area contributed by atoms with E-state index in [9.17, 15) is 4.79 Å². The number of carbonyl (C=O) groups excluding carboxylic acids is 1. The van der Waals surface area contributed by atoms with E-state index in [1.54, 1.807) is 0 Å². The van der Waals surface area contributed by atoms with Gasteiger partial charge < -0.3 is 15.4 Å². The summed E-state index contributed by atoms with van der Waals surface area (Å²) in [6, 6.07) is 6.25. The van der Waals surface area contributed by atoms with Gasteiger partial charge in [-0.2, -0.15) is 0 Å². The Morgan fingerprint density at radius 1 is 1.37 bits per heavy atom. The monoisotopic (exact) mass is 282 g/mol. The summed E-state index contributed by atoms with van der Waals surface area (Å²) in [5.41, 5.74) is 3.07. The van der Waals surface area contributed by atoms with E-state index >= 15 is 0 Å². The van der Waals surface area contributed by atoms with Gasteiger partial charge in [-0.25, -0.2) is 0 Å². The van der Waals surface area contributed by atoms with Gasteiger partial charge in [-0.3, -0.25) is 4.79 Å². The Morgan fingerprint density at radius 2 is 2.21 bits per heavy atom. The minimum atomic E-state index is 0. The molecule has 2 N–H and O–H groups in total. The van der Waals surface area contributed by atoms with Crippen molar-refractivity contribution < 1.29 is 9.53 Å². The molecule has 0 aliphatic carbocycles. The number of fused-ring (bicyclic) bond motifs is 1. The Morgan fingerprint density at radius 3 is 3.00 bits per heavy atom. The topological polar surface area (TPSA) is 50.4 Å². The number of benzene rings is 1. The normalized spacial score (nSPS) is 20.7. The third-order valence-electron chi connectivity index (χ3n) is 3.65. The second kappa shape index (κ2) is 6.37. The van der Waals surface area contributed by atoms with Crippen molar-refractivity contribution in [2.24, 2.45) is 0 Å². The number of carbonyl (C=O) groups is 1. The average molecular weight is 283 g/mol. The molecule has 5 heteroatoms. The van der Waals surface area contributed by atoms with E-state index in [4.69, 9.17) is 4.74 Å². The van der Waals surface area contributed by atoms with Crippen molar-refractivity contribution in [3.63, 3.8) is 0 Å². The molecule has 3 rings (SSSR count). The largest absolute Gasteiger partial charge is 0.372 e. The van der Waals surface area contributed by atoms with E-state index < -0.39 is 0 Å². The van der Waals surface area contributed by atoms with Gasteiger partial charge in [0.05, 0.1) is 13.2 Å². The molecule has 4 nitrogen and oxygen atoms in total. The van der Waals surface area contributed by atoms with Crippen molar-refractivity contribution in [1.82, 2.24) is 10.6 Å². The summed E-state index contributed by atoms with van der Waals surface area (Å²) in [5.74, 6) is 0.0124. The summed E-state index contributed by atoms with van der Waals surface area (Å²) < 4.78 is 5.35. The van der Waals surface area contributed by atoms with Crippen LogP contribution < -0.4 is 10.6 Å². The number of ether oxygens (including phenoxy) is 1. The third kappa shape index (κ3) is 3.26. The highest BCUT2D eigenvalue weighted by Gasteiger charge is 2.17. The summed E-state index contributed by atoms with van der Waals surface area (Å²) in [6.45, 7) is 3.08. The second-order valence-electron chi connectivity index (χ2n) is 4.98. The van der Waals surface area contributed by atoms with Crippen molar-refractivity contribution in [2.75, 3.05) is 13.1 Å². The van der Waals surface area contributed by atoms with Gasteiger partial charge in [-0.1, -0.05) is 6.07 Å². The molecule has 2 heterocycles. The molecule has 1 aromatic rings. The Hall–Kier alpha value is -1.10. The van der Waals surface area contributed by atoms with Gasteiger partial charge in [0.2, 0.25) is 0 Å². The first kappa shape index (κ1) is 14.3. The van der Waals surface area contributed by atoms with Crippen LogP contribution in [0.4, 0.5) is 0 Å². The molecule has 1 atom stereocenters. The number of hydrogen-bond acceptors (Lipinski definition) is 3. The quantitative estimate of drug-likeness (QED) is 0.886. The predicted octanol–water partition coefficient (Wildman–Crippen LogP) is 1.62. The first-order chi connectivity index (χ1) is 8.83. The third-order valence-corrected chi connectivity index (χ3v) is 3.65. The van der Waals surface area contributed by atoms with Crippen LogP contribution in [0.25, 0.3) is 0 Å².